The Morgan fingerprint density at radius 1 is 1.08 bits per heavy atom. The first-order valence-electron chi connectivity index (χ1n) is 9.73. The Morgan fingerprint density at radius 3 is 2.48 bits per heavy atom. The second-order valence-corrected chi connectivity index (χ2v) is 9.42. The van der Waals surface area contributed by atoms with Crippen LogP contribution in [0.4, 0.5) is 0 Å². The summed E-state index contributed by atoms with van der Waals surface area (Å²) in [5.41, 5.74) is 2.03. The lowest BCUT2D eigenvalue weighted by Gasteiger charge is -2.25. The minimum atomic E-state index is -0.705. The summed E-state index contributed by atoms with van der Waals surface area (Å²) < 4.78 is 3.62. The predicted molar refractivity (Wildman–Crippen MR) is 109 cm³/mol. The van der Waals surface area contributed by atoms with Gasteiger partial charge in [0.2, 0.25) is 0 Å². The third-order valence-corrected chi connectivity index (χ3v) is 7.20. The van der Waals surface area contributed by atoms with Gasteiger partial charge in [0.15, 0.2) is 10.3 Å². The monoisotopic (exact) mass is 358 g/mol. The van der Waals surface area contributed by atoms with Crippen LogP contribution < -0.4 is 4.72 Å². The van der Waals surface area contributed by atoms with Crippen LogP contribution in [0.15, 0.2) is 41.8 Å². The molecule has 1 fully saturated rings. The van der Waals surface area contributed by atoms with Gasteiger partial charge in [-0.1, -0.05) is 49.6 Å². The Kier molecular flexibility index (Phi) is 6.32. The van der Waals surface area contributed by atoms with Crippen LogP contribution in [-0.2, 0) is 12.8 Å². The standard InChI is InChI=1S/C22H32NOS/c1-3-23-25-15-14-20(19-12-8-5-9-13-19)21(25)17-22(2,24)16-18-10-6-4-7-11-18/h4,6-7,10-11,14-15,19,23-24H,3,5,8-9,12-13,16-17H2,1-2H3/q+1. The van der Waals surface area contributed by atoms with Gasteiger partial charge in [0.1, 0.15) is 0 Å². The van der Waals surface area contributed by atoms with Crippen molar-refractivity contribution in [2.24, 2.45) is 0 Å². The molecule has 0 amide bonds. The minimum Gasteiger partial charge on any atom is -0.389 e. The van der Waals surface area contributed by atoms with Gasteiger partial charge in [-0.2, -0.15) is 0 Å². The molecule has 25 heavy (non-hydrogen) atoms. The molecule has 2 aromatic rings. The summed E-state index contributed by atoms with van der Waals surface area (Å²) >= 11 is 0. The normalized spacial score (nSPS) is 18.9. The molecule has 136 valence electrons. The maximum absolute atomic E-state index is 11.1. The van der Waals surface area contributed by atoms with E-state index in [1.807, 2.05) is 13.0 Å². The fourth-order valence-electron chi connectivity index (χ4n) is 4.14. The van der Waals surface area contributed by atoms with Crippen LogP contribution in [0, 0.1) is 0 Å². The molecule has 2 N–H and O–H groups in total. The highest BCUT2D eigenvalue weighted by atomic mass is 32.2. The number of hydrogen-bond acceptors (Lipinski definition) is 2. The van der Waals surface area contributed by atoms with Gasteiger partial charge in [0.25, 0.3) is 0 Å². The minimum absolute atomic E-state index is 0.0123. The molecule has 0 bridgehead atoms. The van der Waals surface area contributed by atoms with Crippen molar-refractivity contribution in [2.75, 3.05) is 11.3 Å². The molecular formula is C22H32NOS+. The van der Waals surface area contributed by atoms with Crippen molar-refractivity contribution in [3.8, 4) is 0 Å². The zero-order valence-corrected chi connectivity index (χ0v) is 16.4. The van der Waals surface area contributed by atoms with Crippen LogP contribution in [-0.4, -0.2) is 17.3 Å². The fraction of sp³-hybridized carbons (Fsp3) is 0.545. The van der Waals surface area contributed by atoms with Crippen LogP contribution in [0.3, 0.4) is 0 Å². The summed E-state index contributed by atoms with van der Waals surface area (Å²) in [6.45, 7) is 5.13. The zero-order valence-electron chi connectivity index (χ0n) is 15.6. The molecule has 0 radical (unpaired) electrons. The van der Waals surface area contributed by atoms with Crippen molar-refractivity contribution in [1.82, 2.24) is 0 Å². The van der Waals surface area contributed by atoms with Crippen molar-refractivity contribution in [2.45, 2.75) is 70.3 Å². The highest BCUT2D eigenvalue weighted by Gasteiger charge is 2.33. The Morgan fingerprint density at radius 2 is 1.80 bits per heavy atom. The molecule has 1 heterocycles. The molecule has 1 aliphatic rings. The van der Waals surface area contributed by atoms with E-state index in [2.05, 4.69) is 47.4 Å². The third kappa shape index (κ3) is 4.93. The summed E-state index contributed by atoms with van der Waals surface area (Å²) in [5.74, 6) is 0.698. The average Bonchev–Trinajstić information content (AvgIpc) is 2.98. The Labute approximate surface area is 155 Å². The molecular weight excluding hydrogens is 326 g/mol. The zero-order chi connectivity index (χ0) is 17.7. The molecule has 1 aromatic carbocycles. The van der Waals surface area contributed by atoms with Gasteiger partial charge in [-0.25, -0.2) is 0 Å². The van der Waals surface area contributed by atoms with Crippen molar-refractivity contribution in [3.63, 3.8) is 0 Å². The number of hydrogen-bond donors (Lipinski definition) is 2. The van der Waals surface area contributed by atoms with E-state index in [4.69, 9.17) is 0 Å². The van der Waals surface area contributed by atoms with E-state index in [9.17, 15) is 5.11 Å². The molecule has 3 heteroatoms. The smallest absolute Gasteiger partial charge is 0.178 e. The molecule has 0 spiro atoms. The van der Waals surface area contributed by atoms with Crippen molar-refractivity contribution in [3.05, 3.63) is 57.8 Å². The van der Waals surface area contributed by atoms with E-state index in [-0.39, 0.29) is 10.7 Å². The summed E-state index contributed by atoms with van der Waals surface area (Å²) in [6.07, 6.45) is 8.18. The number of thiophene rings is 1. The predicted octanol–water partition coefficient (Wildman–Crippen LogP) is 5.58. The van der Waals surface area contributed by atoms with Gasteiger partial charge in [-0.05, 0) is 38.2 Å². The molecule has 0 aliphatic heterocycles. The van der Waals surface area contributed by atoms with Crippen molar-refractivity contribution in [1.29, 1.82) is 0 Å². The van der Waals surface area contributed by atoms with E-state index in [0.29, 0.717) is 12.3 Å². The van der Waals surface area contributed by atoms with Crippen LogP contribution >= 0.6 is 10.7 Å². The molecule has 1 aliphatic carbocycles. The lowest BCUT2D eigenvalue weighted by Crippen LogP contribution is -2.30. The Balaban J connectivity index is 1.82. The van der Waals surface area contributed by atoms with E-state index in [1.54, 1.807) is 0 Å². The SMILES string of the molecule is CCN[s+]1ccc(C2CCCCC2)c1CC(C)(O)Cc1ccccc1. The van der Waals surface area contributed by atoms with Gasteiger partial charge in [-0.15, -0.1) is 4.72 Å². The first kappa shape index (κ1) is 18.6. The molecule has 2 nitrogen and oxygen atoms in total. The van der Waals surface area contributed by atoms with Crippen LogP contribution in [0.25, 0.3) is 0 Å². The third-order valence-electron chi connectivity index (χ3n) is 5.29. The molecule has 0 saturated heterocycles. The highest BCUT2D eigenvalue weighted by molar-refractivity contribution is 7.31. The highest BCUT2D eigenvalue weighted by Crippen LogP contribution is 2.41. The van der Waals surface area contributed by atoms with Crippen LogP contribution in [0.5, 0.6) is 0 Å². The second kappa shape index (κ2) is 8.48. The first-order chi connectivity index (χ1) is 12.1. The molecule has 1 saturated carbocycles. The molecule has 2 unspecified atom stereocenters. The fourth-order valence-corrected chi connectivity index (χ4v) is 6.12. The van der Waals surface area contributed by atoms with Gasteiger partial charge in [0.05, 0.1) is 22.7 Å². The van der Waals surface area contributed by atoms with Crippen molar-refractivity contribution < 1.29 is 5.11 Å². The topological polar surface area (TPSA) is 32.3 Å². The lowest BCUT2D eigenvalue weighted by molar-refractivity contribution is 0.0613. The summed E-state index contributed by atoms with van der Waals surface area (Å²) in [5, 5.41) is 13.5. The maximum Gasteiger partial charge on any atom is 0.178 e. The first-order valence-corrected chi connectivity index (χ1v) is 11.0. The molecule has 1 aromatic heterocycles. The Bertz CT molecular complexity index is 656. The van der Waals surface area contributed by atoms with E-state index in [1.165, 1.54) is 48.1 Å². The van der Waals surface area contributed by atoms with Crippen LogP contribution in [0.1, 0.15) is 67.9 Å². The van der Waals surface area contributed by atoms with Crippen LogP contribution in [0.2, 0.25) is 0 Å². The number of benzene rings is 1. The van der Waals surface area contributed by atoms with Crippen molar-refractivity contribution >= 4 is 10.7 Å². The number of rotatable bonds is 7. The van der Waals surface area contributed by atoms with Gasteiger partial charge >= 0.3 is 0 Å². The lowest BCUT2D eigenvalue weighted by atomic mass is 9.82. The van der Waals surface area contributed by atoms with E-state index in [0.717, 1.165) is 13.0 Å². The summed E-state index contributed by atoms with van der Waals surface area (Å²) in [6, 6.07) is 12.7. The molecule has 2 atom stereocenters. The number of nitrogens with one attached hydrogen (secondary N) is 1. The average molecular weight is 359 g/mol. The van der Waals surface area contributed by atoms with E-state index >= 15 is 0 Å². The van der Waals surface area contributed by atoms with E-state index < -0.39 is 5.60 Å². The van der Waals surface area contributed by atoms with Gasteiger partial charge in [0, 0.05) is 24.6 Å². The maximum atomic E-state index is 11.1. The molecule has 3 rings (SSSR count). The van der Waals surface area contributed by atoms with Gasteiger partial charge in [-0.3, -0.25) is 0 Å². The number of aliphatic hydroxyl groups is 1. The quantitative estimate of drug-likeness (QED) is 0.633. The second-order valence-electron chi connectivity index (χ2n) is 7.69. The largest absolute Gasteiger partial charge is 0.389 e. The van der Waals surface area contributed by atoms with Gasteiger partial charge < -0.3 is 5.11 Å². The summed E-state index contributed by atoms with van der Waals surface area (Å²) in [7, 11) is -0.0123. The summed E-state index contributed by atoms with van der Waals surface area (Å²) in [4.78, 5) is 1.45. The Hall–Kier alpha value is -1.16.